The van der Waals surface area contributed by atoms with Crippen LogP contribution in [0.15, 0.2) is 0 Å². The van der Waals surface area contributed by atoms with Gasteiger partial charge in [-0.15, -0.1) is 0 Å². The zero-order valence-corrected chi connectivity index (χ0v) is 28.0. The minimum atomic E-state index is -1.65. The number of hydrogen-bond donors (Lipinski definition) is 7. The van der Waals surface area contributed by atoms with Crippen molar-refractivity contribution in [2.45, 2.75) is 191 Å². The topological polar surface area (TPSA) is 186 Å². The maximum absolute atomic E-state index is 12.7. The number of carbonyl (C=O) groups is 2. The van der Waals surface area contributed by atoms with E-state index in [4.69, 9.17) is 9.47 Å². The minimum absolute atomic E-state index is 0.0112. The number of amides is 1. The van der Waals surface area contributed by atoms with E-state index >= 15 is 0 Å². The van der Waals surface area contributed by atoms with E-state index in [2.05, 4.69) is 19.2 Å². The highest BCUT2D eigenvalue weighted by atomic mass is 16.7. The van der Waals surface area contributed by atoms with E-state index in [-0.39, 0.29) is 18.6 Å². The fourth-order valence-electron chi connectivity index (χ4n) is 5.67. The van der Waals surface area contributed by atoms with Gasteiger partial charge < -0.3 is 45.4 Å². The van der Waals surface area contributed by atoms with E-state index in [0.29, 0.717) is 19.3 Å². The number of aliphatic hydroxyl groups excluding tert-OH is 6. The number of nitrogens with one attached hydrogen (secondary N) is 1. The summed E-state index contributed by atoms with van der Waals surface area (Å²) in [4.78, 5) is 25.0. The highest BCUT2D eigenvalue weighted by Crippen LogP contribution is 2.23. The van der Waals surface area contributed by atoms with E-state index < -0.39 is 68.1 Å². The van der Waals surface area contributed by atoms with Crippen molar-refractivity contribution in [2.75, 3.05) is 13.2 Å². The number of aliphatic hydroxyl groups is 6. The molecule has 2 unspecified atom stereocenters. The number of hydrogen-bond acceptors (Lipinski definition) is 10. The Hall–Kier alpha value is -1.18. The molecule has 266 valence electrons. The Balaban J connectivity index is 2.58. The SMILES string of the molecule is CCCCCCCCCCCCCC[C@@H](O)[C@@H](O)[C@H](CO[C@H]1OC(CO)[C@H](O)[C@H](O)C1O)NC(=O)CCC(=O)CCCCCC. The second-order valence-electron chi connectivity index (χ2n) is 12.8. The zero-order chi connectivity index (χ0) is 33.5. The van der Waals surface area contributed by atoms with Crippen molar-refractivity contribution in [3.8, 4) is 0 Å². The summed E-state index contributed by atoms with van der Waals surface area (Å²) in [6, 6.07) is -1.10. The summed E-state index contributed by atoms with van der Waals surface area (Å²) >= 11 is 0. The number of carbonyl (C=O) groups excluding carboxylic acids is 2. The molecule has 1 fully saturated rings. The first-order valence-electron chi connectivity index (χ1n) is 17.7. The maximum atomic E-state index is 12.7. The van der Waals surface area contributed by atoms with Gasteiger partial charge in [0.2, 0.25) is 5.91 Å². The molecule has 1 heterocycles. The van der Waals surface area contributed by atoms with Crippen molar-refractivity contribution in [1.29, 1.82) is 0 Å². The molecule has 0 radical (unpaired) electrons. The van der Waals surface area contributed by atoms with Gasteiger partial charge in [0.15, 0.2) is 6.29 Å². The maximum Gasteiger partial charge on any atom is 0.220 e. The number of Topliss-reactive ketones (excluding diaryl/α,β-unsaturated/α-hetero) is 1. The molecule has 0 spiro atoms. The number of ketones is 1. The summed E-state index contributed by atoms with van der Waals surface area (Å²) in [5, 5.41) is 64.3. The van der Waals surface area contributed by atoms with Crippen LogP contribution in [0.2, 0.25) is 0 Å². The average Bonchev–Trinajstić information content (AvgIpc) is 3.03. The lowest BCUT2D eigenvalue weighted by Gasteiger charge is -2.40. The van der Waals surface area contributed by atoms with Crippen molar-refractivity contribution in [3.05, 3.63) is 0 Å². The molecule has 11 nitrogen and oxygen atoms in total. The summed E-state index contributed by atoms with van der Waals surface area (Å²) < 4.78 is 11.0. The summed E-state index contributed by atoms with van der Waals surface area (Å²) in [5.41, 5.74) is 0. The molecular formula is C34H65NO10. The molecule has 0 aromatic heterocycles. The minimum Gasteiger partial charge on any atom is -0.394 e. The van der Waals surface area contributed by atoms with Crippen molar-refractivity contribution in [2.24, 2.45) is 0 Å². The summed E-state index contributed by atoms with van der Waals surface area (Å²) in [7, 11) is 0. The van der Waals surface area contributed by atoms with Crippen molar-refractivity contribution < 1.29 is 49.7 Å². The third-order valence-corrected chi connectivity index (χ3v) is 8.73. The first kappa shape index (κ1) is 41.8. The van der Waals surface area contributed by atoms with Crippen LogP contribution in [0.4, 0.5) is 0 Å². The molecule has 8 atom stereocenters. The van der Waals surface area contributed by atoms with Gasteiger partial charge in [0.1, 0.15) is 36.3 Å². The Kier molecular flexibility index (Phi) is 24.0. The van der Waals surface area contributed by atoms with Crippen LogP contribution >= 0.6 is 0 Å². The lowest BCUT2D eigenvalue weighted by atomic mass is 9.98. The molecule has 0 bridgehead atoms. The Morgan fingerprint density at radius 1 is 0.711 bits per heavy atom. The van der Waals surface area contributed by atoms with Gasteiger partial charge in [-0.05, 0) is 12.8 Å². The fourth-order valence-corrected chi connectivity index (χ4v) is 5.67. The highest BCUT2D eigenvalue weighted by Gasteiger charge is 2.44. The lowest BCUT2D eigenvalue weighted by molar-refractivity contribution is -0.303. The van der Waals surface area contributed by atoms with Gasteiger partial charge in [0.05, 0.1) is 25.4 Å². The Labute approximate surface area is 271 Å². The second-order valence-corrected chi connectivity index (χ2v) is 12.8. The van der Waals surface area contributed by atoms with Gasteiger partial charge in [-0.25, -0.2) is 0 Å². The van der Waals surface area contributed by atoms with Gasteiger partial charge in [0, 0.05) is 19.3 Å². The Morgan fingerprint density at radius 2 is 1.24 bits per heavy atom. The summed E-state index contributed by atoms with van der Waals surface area (Å²) in [6.07, 6.45) is 8.62. The van der Waals surface area contributed by atoms with E-state index in [0.717, 1.165) is 44.9 Å². The molecule has 1 saturated heterocycles. The van der Waals surface area contributed by atoms with Crippen LogP contribution in [-0.4, -0.2) is 104 Å². The fraction of sp³-hybridized carbons (Fsp3) is 0.941. The molecule has 11 heteroatoms. The number of unbranched alkanes of at least 4 members (excludes halogenated alkanes) is 14. The van der Waals surface area contributed by atoms with Crippen LogP contribution in [0.3, 0.4) is 0 Å². The van der Waals surface area contributed by atoms with Gasteiger partial charge in [0.25, 0.3) is 0 Å². The Bertz CT molecular complexity index is 754. The quantitative estimate of drug-likeness (QED) is 0.0621. The van der Waals surface area contributed by atoms with E-state index in [1.54, 1.807) is 0 Å². The van der Waals surface area contributed by atoms with Crippen molar-refractivity contribution in [3.63, 3.8) is 0 Å². The number of ether oxygens (including phenoxy) is 2. The smallest absolute Gasteiger partial charge is 0.220 e. The van der Waals surface area contributed by atoms with E-state index in [9.17, 15) is 40.2 Å². The molecule has 1 aliphatic rings. The summed E-state index contributed by atoms with van der Waals surface area (Å²) in [6.45, 7) is 3.29. The molecular weight excluding hydrogens is 582 g/mol. The van der Waals surface area contributed by atoms with Crippen LogP contribution in [0.1, 0.15) is 142 Å². The highest BCUT2D eigenvalue weighted by molar-refractivity contribution is 5.85. The van der Waals surface area contributed by atoms with Crippen LogP contribution in [0.5, 0.6) is 0 Å². The third-order valence-electron chi connectivity index (χ3n) is 8.73. The molecule has 1 aliphatic heterocycles. The molecule has 7 N–H and O–H groups in total. The number of rotatable bonds is 28. The van der Waals surface area contributed by atoms with Gasteiger partial charge in [-0.3, -0.25) is 9.59 Å². The van der Waals surface area contributed by atoms with Gasteiger partial charge >= 0.3 is 0 Å². The average molecular weight is 648 g/mol. The molecule has 0 saturated carbocycles. The van der Waals surface area contributed by atoms with Crippen molar-refractivity contribution >= 4 is 11.7 Å². The molecule has 0 aliphatic carbocycles. The van der Waals surface area contributed by atoms with E-state index in [1.807, 2.05) is 0 Å². The van der Waals surface area contributed by atoms with Crippen LogP contribution in [0.25, 0.3) is 0 Å². The third kappa shape index (κ3) is 18.1. The van der Waals surface area contributed by atoms with Crippen LogP contribution < -0.4 is 5.32 Å². The lowest BCUT2D eigenvalue weighted by Crippen LogP contribution is -2.60. The van der Waals surface area contributed by atoms with Gasteiger partial charge in [-0.1, -0.05) is 110 Å². The van der Waals surface area contributed by atoms with E-state index in [1.165, 1.54) is 51.4 Å². The van der Waals surface area contributed by atoms with Crippen molar-refractivity contribution in [1.82, 2.24) is 5.32 Å². The standard InChI is InChI=1S/C34H65NO10/c1-3-5-7-9-10-11-12-13-14-15-16-18-20-27(38)30(40)26(35-29(39)22-21-25(37)19-17-8-6-4-2)24-44-34-33(43)32(42)31(41)28(23-36)45-34/h26-28,30-34,36,38,40-43H,3-24H2,1-2H3,(H,35,39)/t26-,27+,28?,30-,31-,32-,33?,34-/m0/s1. The predicted molar refractivity (Wildman–Crippen MR) is 172 cm³/mol. The molecule has 0 aromatic rings. The predicted octanol–water partition coefficient (Wildman–Crippen LogP) is 3.42. The van der Waals surface area contributed by atoms with Crippen LogP contribution in [-0.2, 0) is 19.1 Å². The summed E-state index contributed by atoms with van der Waals surface area (Å²) in [5.74, 6) is -0.501. The first-order chi connectivity index (χ1) is 21.7. The zero-order valence-electron chi connectivity index (χ0n) is 28.0. The Morgan fingerprint density at radius 3 is 1.80 bits per heavy atom. The first-order valence-corrected chi connectivity index (χ1v) is 17.7. The molecule has 1 amide bonds. The molecule has 45 heavy (non-hydrogen) atoms. The monoisotopic (exact) mass is 647 g/mol. The molecule has 1 rings (SSSR count). The molecule has 0 aromatic carbocycles. The van der Waals surface area contributed by atoms with Gasteiger partial charge in [-0.2, -0.15) is 0 Å². The largest absolute Gasteiger partial charge is 0.394 e. The van der Waals surface area contributed by atoms with Crippen LogP contribution in [0, 0.1) is 0 Å². The second kappa shape index (κ2) is 25.9. The normalized spacial score (nSPS) is 23.9.